The van der Waals surface area contributed by atoms with E-state index in [0.717, 1.165) is 0 Å². The molecule has 0 aliphatic heterocycles. The molecule has 0 radical (unpaired) electrons. The number of fused-ring (bicyclic) bond motifs is 1. The Hall–Kier alpha value is -1.91. The van der Waals surface area contributed by atoms with Crippen LogP contribution in [0.1, 0.15) is 10.5 Å². The maximum atomic E-state index is 10.8. The summed E-state index contributed by atoms with van der Waals surface area (Å²) >= 11 is 0. The topological polar surface area (TPSA) is 73.3 Å². The van der Waals surface area contributed by atoms with Crippen molar-refractivity contribution in [2.24, 2.45) is 5.73 Å². The minimum atomic E-state index is -0.541. The molecule has 0 atom stereocenters. The van der Waals surface area contributed by atoms with E-state index in [0.29, 0.717) is 5.52 Å². The fraction of sp³-hybridized carbons (Fsp3) is 0. The fourth-order valence-corrected chi connectivity index (χ4v) is 1.05. The molecule has 0 unspecified atom stereocenters. The van der Waals surface area contributed by atoms with E-state index in [9.17, 15) is 4.79 Å². The van der Waals surface area contributed by atoms with Crippen LogP contribution in [0.5, 0.6) is 0 Å². The van der Waals surface area contributed by atoms with E-state index in [1.807, 2.05) is 0 Å². The molecule has 0 fully saturated rings. The van der Waals surface area contributed by atoms with Crippen molar-refractivity contribution in [3.05, 3.63) is 30.4 Å². The molecule has 2 N–H and O–H groups in total. The molecule has 5 heteroatoms. The zero-order valence-corrected chi connectivity index (χ0v) is 6.14. The first-order valence-corrected chi connectivity index (χ1v) is 3.37. The van der Waals surface area contributed by atoms with Gasteiger partial charge in [-0.1, -0.05) is 0 Å². The lowest BCUT2D eigenvalue weighted by atomic mass is 10.3. The number of rotatable bonds is 1. The molecule has 60 valence electrons. The average molecular weight is 162 g/mol. The van der Waals surface area contributed by atoms with Crippen LogP contribution in [0.3, 0.4) is 0 Å². The van der Waals surface area contributed by atoms with Crippen LogP contribution >= 0.6 is 0 Å². The molecule has 2 aromatic heterocycles. The third kappa shape index (κ3) is 0.833. The fourth-order valence-electron chi connectivity index (χ4n) is 1.05. The maximum Gasteiger partial charge on any atom is 0.269 e. The zero-order chi connectivity index (χ0) is 8.55. The summed E-state index contributed by atoms with van der Waals surface area (Å²) in [5.41, 5.74) is 5.97. The Kier molecular flexibility index (Phi) is 1.30. The van der Waals surface area contributed by atoms with E-state index in [-0.39, 0.29) is 5.69 Å². The number of aromatic nitrogens is 3. The third-order valence-electron chi connectivity index (χ3n) is 1.56. The van der Waals surface area contributed by atoms with Crippen LogP contribution in [-0.2, 0) is 0 Å². The van der Waals surface area contributed by atoms with E-state index in [2.05, 4.69) is 10.1 Å². The van der Waals surface area contributed by atoms with Gasteiger partial charge in [0.25, 0.3) is 5.91 Å². The van der Waals surface area contributed by atoms with E-state index < -0.39 is 5.91 Å². The number of nitrogens with zero attached hydrogens (tertiary/aromatic N) is 3. The highest BCUT2D eigenvalue weighted by molar-refractivity contribution is 5.97. The minimum Gasteiger partial charge on any atom is -0.364 e. The van der Waals surface area contributed by atoms with Crippen molar-refractivity contribution in [1.82, 2.24) is 14.6 Å². The number of nitrogens with two attached hydrogens (primary N) is 1. The summed E-state index contributed by atoms with van der Waals surface area (Å²) in [6.07, 6.45) is 4.73. The number of hydrogen-bond acceptors (Lipinski definition) is 3. The summed E-state index contributed by atoms with van der Waals surface area (Å²) in [5, 5.41) is 3.93. The standard InChI is InChI=1S/C7H6N4O/c8-7(12)6-5-1-2-10-11(5)4-3-9-6/h1-4H,(H2,8,12). The molecule has 1 amide bonds. The van der Waals surface area contributed by atoms with Gasteiger partial charge >= 0.3 is 0 Å². The van der Waals surface area contributed by atoms with Crippen molar-refractivity contribution in [1.29, 1.82) is 0 Å². The summed E-state index contributed by atoms with van der Waals surface area (Å²) in [4.78, 5) is 14.7. The third-order valence-corrected chi connectivity index (χ3v) is 1.56. The van der Waals surface area contributed by atoms with Crippen LogP contribution < -0.4 is 5.73 Å². The van der Waals surface area contributed by atoms with E-state index in [1.165, 1.54) is 6.20 Å². The number of carbonyl (C=O) groups is 1. The van der Waals surface area contributed by atoms with Crippen LogP contribution in [0, 0.1) is 0 Å². The minimum absolute atomic E-state index is 0.245. The van der Waals surface area contributed by atoms with Gasteiger partial charge in [0.05, 0.1) is 11.7 Å². The maximum absolute atomic E-state index is 10.8. The van der Waals surface area contributed by atoms with E-state index in [1.54, 1.807) is 23.0 Å². The summed E-state index contributed by atoms with van der Waals surface area (Å²) in [6, 6.07) is 1.69. The highest BCUT2D eigenvalue weighted by Gasteiger charge is 2.07. The molecule has 2 aromatic rings. The van der Waals surface area contributed by atoms with Crippen molar-refractivity contribution in [3.63, 3.8) is 0 Å². The average Bonchev–Trinajstić information content (AvgIpc) is 2.49. The molecular formula is C7H6N4O. The first-order chi connectivity index (χ1) is 5.79. The molecule has 12 heavy (non-hydrogen) atoms. The second-order valence-corrected chi connectivity index (χ2v) is 2.30. The lowest BCUT2D eigenvalue weighted by molar-refractivity contribution is 0.0997. The Balaban J connectivity index is 2.82. The summed E-state index contributed by atoms with van der Waals surface area (Å²) < 4.78 is 1.55. The summed E-state index contributed by atoms with van der Waals surface area (Å²) in [7, 11) is 0. The molecule has 0 aliphatic carbocycles. The molecule has 0 saturated carbocycles. The molecule has 2 heterocycles. The predicted molar refractivity (Wildman–Crippen MR) is 41.5 cm³/mol. The van der Waals surface area contributed by atoms with Crippen molar-refractivity contribution in [2.45, 2.75) is 0 Å². The van der Waals surface area contributed by atoms with Gasteiger partial charge in [-0.3, -0.25) is 4.79 Å². The summed E-state index contributed by atoms with van der Waals surface area (Å²) in [6.45, 7) is 0. The van der Waals surface area contributed by atoms with Crippen LogP contribution in [0.4, 0.5) is 0 Å². The van der Waals surface area contributed by atoms with Gasteiger partial charge in [-0.15, -0.1) is 0 Å². The molecule has 0 saturated heterocycles. The van der Waals surface area contributed by atoms with Gasteiger partial charge in [0.15, 0.2) is 5.69 Å². The molecule has 0 aromatic carbocycles. The first kappa shape index (κ1) is 6.78. The van der Waals surface area contributed by atoms with Crippen molar-refractivity contribution in [2.75, 3.05) is 0 Å². The SMILES string of the molecule is NC(=O)c1nccn2nccc12. The Morgan fingerprint density at radius 3 is 3.08 bits per heavy atom. The van der Waals surface area contributed by atoms with Gasteiger partial charge in [-0.2, -0.15) is 5.10 Å². The number of primary amides is 1. The Morgan fingerprint density at radius 2 is 2.33 bits per heavy atom. The number of amides is 1. The van der Waals surface area contributed by atoms with E-state index in [4.69, 9.17) is 5.73 Å². The normalized spacial score (nSPS) is 10.3. The second kappa shape index (κ2) is 2.30. The first-order valence-electron chi connectivity index (χ1n) is 3.37. The van der Waals surface area contributed by atoms with Crippen LogP contribution in [-0.4, -0.2) is 20.5 Å². The van der Waals surface area contributed by atoms with Gasteiger partial charge in [-0.25, -0.2) is 9.50 Å². The van der Waals surface area contributed by atoms with Crippen molar-refractivity contribution < 1.29 is 4.79 Å². The number of carbonyl (C=O) groups excluding carboxylic acids is 1. The smallest absolute Gasteiger partial charge is 0.269 e. The Labute approximate surface area is 67.8 Å². The molecule has 0 aliphatic rings. The lowest BCUT2D eigenvalue weighted by Crippen LogP contribution is -2.14. The Morgan fingerprint density at radius 1 is 1.50 bits per heavy atom. The predicted octanol–water partition coefficient (Wildman–Crippen LogP) is -0.172. The van der Waals surface area contributed by atoms with Crippen molar-refractivity contribution in [3.8, 4) is 0 Å². The molecule has 5 nitrogen and oxygen atoms in total. The summed E-state index contributed by atoms with van der Waals surface area (Å²) in [5.74, 6) is -0.541. The zero-order valence-electron chi connectivity index (χ0n) is 6.14. The van der Waals surface area contributed by atoms with Gasteiger partial charge in [-0.05, 0) is 6.07 Å². The number of hydrogen-bond donors (Lipinski definition) is 1. The molecule has 0 spiro atoms. The quantitative estimate of drug-likeness (QED) is 0.632. The van der Waals surface area contributed by atoms with Gasteiger partial charge in [0.1, 0.15) is 0 Å². The molecule has 0 bridgehead atoms. The van der Waals surface area contributed by atoms with Crippen LogP contribution in [0.2, 0.25) is 0 Å². The highest BCUT2D eigenvalue weighted by atomic mass is 16.1. The largest absolute Gasteiger partial charge is 0.364 e. The highest BCUT2D eigenvalue weighted by Crippen LogP contribution is 2.04. The van der Waals surface area contributed by atoms with Crippen LogP contribution in [0.25, 0.3) is 5.52 Å². The second-order valence-electron chi connectivity index (χ2n) is 2.30. The monoisotopic (exact) mass is 162 g/mol. The van der Waals surface area contributed by atoms with Gasteiger partial charge in [0.2, 0.25) is 0 Å². The lowest BCUT2D eigenvalue weighted by Gasteiger charge is -1.96. The van der Waals surface area contributed by atoms with E-state index >= 15 is 0 Å². The van der Waals surface area contributed by atoms with Gasteiger partial charge < -0.3 is 5.73 Å². The van der Waals surface area contributed by atoms with Crippen LogP contribution in [0.15, 0.2) is 24.7 Å². The van der Waals surface area contributed by atoms with Crippen molar-refractivity contribution >= 4 is 11.4 Å². The Bertz CT molecular complexity index is 434. The van der Waals surface area contributed by atoms with Gasteiger partial charge in [0, 0.05) is 12.4 Å². The molecule has 2 rings (SSSR count). The molecular weight excluding hydrogens is 156 g/mol.